The van der Waals surface area contributed by atoms with Gasteiger partial charge in [-0.1, -0.05) is 0 Å². The summed E-state index contributed by atoms with van der Waals surface area (Å²) >= 11 is 1.68. The molecule has 0 unspecified atom stereocenters. The lowest BCUT2D eigenvalue weighted by molar-refractivity contribution is 0.321. The van der Waals surface area contributed by atoms with Gasteiger partial charge < -0.3 is 9.15 Å². The lowest BCUT2D eigenvalue weighted by Gasteiger charge is -2.20. The largest absolute Gasteiger partial charge is 0.491 e. The number of sulfonamides is 1. The SMILES string of the molecule is CCOc1ccc(S(=O)(=O)N2CCS[C@H](c3ccco3)CC2)cc1F. The Labute approximate surface area is 151 Å². The van der Waals surface area contributed by atoms with Gasteiger partial charge in [0.05, 0.1) is 23.0 Å². The summed E-state index contributed by atoms with van der Waals surface area (Å²) in [5.41, 5.74) is 0. The maximum atomic E-state index is 14.0. The molecule has 2 aromatic rings. The van der Waals surface area contributed by atoms with Gasteiger partial charge in [0.25, 0.3) is 0 Å². The Hall–Kier alpha value is -1.51. The lowest BCUT2D eigenvalue weighted by atomic mass is 10.2. The summed E-state index contributed by atoms with van der Waals surface area (Å²) in [4.78, 5) is -0.0464. The monoisotopic (exact) mass is 385 g/mol. The van der Waals surface area contributed by atoms with Crippen molar-refractivity contribution in [3.05, 3.63) is 48.2 Å². The molecule has 1 fully saturated rings. The van der Waals surface area contributed by atoms with Gasteiger partial charge in [-0.2, -0.15) is 4.31 Å². The van der Waals surface area contributed by atoms with Crippen molar-refractivity contribution in [2.45, 2.75) is 23.5 Å². The van der Waals surface area contributed by atoms with Crippen LogP contribution in [-0.2, 0) is 10.0 Å². The van der Waals surface area contributed by atoms with E-state index in [1.165, 1.54) is 16.4 Å². The molecule has 5 nitrogen and oxygen atoms in total. The molecule has 1 aromatic heterocycles. The van der Waals surface area contributed by atoms with Crippen LogP contribution in [0.5, 0.6) is 5.75 Å². The number of nitrogens with zero attached hydrogens (tertiary/aromatic N) is 1. The topological polar surface area (TPSA) is 59.8 Å². The van der Waals surface area contributed by atoms with Crippen LogP contribution in [0.4, 0.5) is 4.39 Å². The van der Waals surface area contributed by atoms with E-state index in [9.17, 15) is 12.8 Å². The molecular formula is C17H20FNO4S2. The van der Waals surface area contributed by atoms with E-state index in [1.54, 1.807) is 24.9 Å². The van der Waals surface area contributed by atoms with Crippen LogP contribution in [0.1, 0.15) is 24.4 Å². The predicted molar refractivity (Wildman–Crippen MR) is 94.9 cm³/mol. The molecule has 8 heteroatoms. The molecule has 2 heterocycles. The van der Waals surface area contributed by atoms with Crippen LogP contribution >= 0.6 is 11.8 Å². The highest BCUT2D eigenvalue weighted by atomic mass is 32.2. The molecule has 0 spiro atoms. The zero-order valence-electron chi connectivity index (χ0n) is 13.9. The van der Waals surface area contributed by atoms with Crippen LogP contribution in [0.2, 0.25) is 0 Å². The zero-order valence-corrected chi connectivity index (χ0v) is 15.5. The van der Waals surface area contributed by atoms with Crippen LogP contribution < -0.4 is 4.74 Å². The van der Waals surface area contributed by atoms with E-state index in [0.717, 1.165) is 11.8 Å². The zero-order chi connectivity index (χ0) is 17.9. The van der Waals surface area contributed by atoms with E-state index in [4.69, 9.17) is 9.15 Å². The van der Waals surface area contributed by atoms with Gasteiger partial charge in [0.1, 0.15) is 5.76 Å². The molecule has 1 aromatic carbocycles. The summed E-state index contributed by atoms with van der Waals surface area (Å²) in [7, 11) is -3.74. The van der Waals surface area contributed by atoms with Crippen molar-refractivity contribution in [3.8, 4) is 5.75 Å². The number of hydrogen-bond donors (Lipinski definition) is 0. The number of furan rings is 1. The lowest BCUT2D eigenvalue weighted by Crippen LogP contribution is -2.33. The van der Waals surface area contributed by atoms with Crippen molar-refractivity contribution in [1.82, 2.24) is 4.31 Å². The number of rotatable bonds is 5. The molecule has 0 N–H and O–H groups in total. The van der Waals surface area contributed by atoms with Gasteiger partial charge in [-0.05, 0) is 43.7 Å². The Kier molecular flexibility index (Phi) is 5.71. The first kappa shape index (κ1) is 18.3. The van der Waals surface area contributed by atoms with Crippen LogP contribution in [-0.4, -0.2) is 38.2 Å². The van der Waals surface area contributed by atoms with Crippen LogP contribution in [0, 0.1) is 5.82 Å². The summed E-state index contributed by atoms with van der Waals surface area (Å²) in [6, 6.07) is 7.53. The Balaban J connectivity index is 1.77. The molecule has 136 valence electrons. The first-order valence-corrected chi connectivity index (χ1v) is 10.6. The van der Waals surface area contributed by atoms with Crippen molar-refractivity contribution in [2.75, 3.05) is 25.4 Å². The Morgan fingerprint density at radius 1 is 1.36 bits per heavy atom. The van der Waals surface area contributed by atoms with Crippen molar-refractivity contribution in [3.63, 3.8) is 0 Å². The van der Waals surface area contributed by atoms with E-state index in [2.05, 4.69) is 0 Å². The number of ether oxygens (including phenoxy) is 1. The van der Waals surface area contributed by atoms with Crippen molar-refractivity contribution < 1.29 is 22.0 Å². The maximum absolute atomic E-state index is 14.0. The molecule has 1 saturated heterocycles. The second-order valence-corrected chi connectivity index (χ2v) is 8.84. The van der Waals surface area contributed by atoms with Gasteiger partial charge in [-0.15, -0.1) is 11.8 Å². The van der Waals surface area contributed by atoms with Crippen LogP contribution in [0.15, 0.2) is 45.9 Å². The summed E-state index contributed by atoms with van der Waals surface area (Å²) in [6.07, 6.45) is 2.27. The van der Waals surface area contributed by atoms with Crippen molar-refractivity contribution in [1.29, 1.82) is 0 Å². The quantitative estimate of drug-likeness (QED) is 0.786. The summed E-state index contributed by atoms with van der Waals surface area (Å²) in [6.45, 7) is 2.82. The van der Waals surface area contributed by atoms with Crippen LogP contribution in [0.25, 0.3) is 0 Å². The van der Waals surface area contributed by atoms with E-state index in [-0.39, 0.29) is 15.9 Å². The van der Waals surface area contributed by atoms with Gasteiger partial charge >= 0.3 is 0 Å². The predicted octanol–water partition coefficient (Wildman–Crippen LogP) is 3.69. The smallest absolute Gasteiger partial charge is 0.243 e. The highest BCUT2D eigenvalue weighted by molar-refractivity contribution is 7.99. The molecule has 0 aliphatic carbocycles. The van der Waals surface area contributed by atoms with Gasteiger partial charge in [-0.3, -0.25) is 0 Å². The fraction of sp³-hybridized carbons (Fsp3) is 0.412. The Bertz CT molecular complexity index is 808. The fourth-order valence-corrected chi connectivity index (χ4v) is 5.52. The van der Waals surface area contributed by atoms with Gasteiger partial charge in [-0.25, -0.2) is 12.8 Å². The third-order valence-electron chi connectivity index (χ3n) is 4.00. The first-order valence-electron chi connectivity index (χ1n) is 8.10. The second-order valence-electron chi connectivity index (χ2n) is 5.59. The standard InChI is InChI=1S/C17H20FNO4S2/c1-2-22-15-6-5-13(12-14(15)18)25(20,21)19-8-7-17(24-11-9-19)16-4-3-10-23-16/h3-6,10,12,17H,2,7-9,11H2,1H3/t17-/m0/s1. The third-order valence-corrected chi connectivity index (χ3v) is 7.19. The highest BCUT2D eigenvalue weighted by Gasteiger charge is 2.29. The minimum Gasteiger partial charge on any atom is -0.491 e. The van der Waals surface area contributed by atoms with E-state index >= 15 is 0 Å². The molecule has 3 rings (SSSR count). The molecule has 0 bridgehead atoms. The second kappa shape index (κ2) is 7.80. The fourth-order valence-electron chi connectivity index (χ4n) is 2.76. The van der Waals surface area contributed by atoms with E-state index in [0.29, 0.717) is 31.9 Å². The molecule has 25 heavy (non-hydrogen) atoms. The third kappa shape index (κ3) is 4.02. The minimum atomic E-state index is -3.74. The van der Waals surface area contributed by atoms with Crippen LogP contribution in [0.3, 0.4) is 0 Å². The summed E-state index contributed by atoms with van der Waals surface area (Å²) in [5.74, 6) is 0.909. The summed E-state index contributed by atoms with van der Waals surface area (Å²) < 4.78 is 51.7. The number of hydrogen-bond acceptors (Lipinski definition) is 5. The van der Waals surface area contributed by atoms with Crippen molar-refractivity contribution >= 4 is 21.8 Å². The number of halogens is 1. The summed E-state index contributed by atoms with van der Waals surface area (Å²) in [5, 5.41) is 0.132. The normalized spacial score (nSPS) is 19.5. The molecule has 1 aliphatic rings. The highest BCUT2D eigenvalue weighted by Crippen LogP contribution is 2.36. The maximum Gasteiger partial charge on any atom is 0.243 e. The average Bonchev–Trinajstić information content (AvgIpc) is 3.00. The van der Waals surface area contributed by atoms with Gasteiger partial charge in [0, 0.05) is 18.8 Å². The number of thioether (sulfide) groups is 1. The Morgan fingerprint density at radius 3 is 2.88 bits per heavy atom. The van der Waals surface area contributed by atoms with E-state index < -0.39 is 15.8 Å². The molecule has 1 atom stereocenters. The molecule has 1 aliphatic heterocycles. The molecule has 0 saturated carbocycles. The molecule has 0 radical (unpaired) electrons. The first-order chi connectivity index (χ1) is 12.0. The Morgan fingerprint density at radius 2 is 2.20 bits per heavy atom. The minimum absolute atomic E-state index is 0.0464. The van der Waals surface area contributed by atoms with Crippen molar-refractivity contribution in [2.24, 2.45) is 0 Å². The van der Waals surface area contributed by atoms with Gasteiger partial charge in [0.2, 0.25) is 10.0 Å². The molecule has 0 amide bonds. The number of benzene rings is 1. The van der Waals surface area contributed by atoms with Gasteiger partial charge in [0.15, 0.2) is 11.6 Å². The average molecular weight is 385 g/mol. The van der Waals surface area contributed by atoms with E-state index in [1.807, 2.05) is 12.1 Å². The molecular weight excluding hydrogens is 365 g/mol.